The van der Waals surface area contributed by atoms with Crippen LogP contribution in [-0.4, -0.2) is 11.1 Å². The molecule has 1 unspecified atom stereocenters. The standard InChI is InChI=1S/C24H30N2.ClH/c1-2-19-20-11-18(24-12-15-8-16(13-24)10-17(9-15)14-24)4-5-22(20)26-7-6-25-21(3-1)23(19)26;/h4-5,11,15-17,21,25H,1-3,6-10,12-14H2;1H. The summed E-state index contributed by atoms with van der Waals surface area (Å²) in [5, 5.41) is 4.24. The molecule has 2 nitrogen and oxygen atoms in total. The Morgan fingerprint density at radius 1 is 1.00 bits per heavy atom. The first-order chi connectivity index (χ1) is 12.8. The maximum Gasteiger partial charge on any atom is 0.127 e. The van der Waals surface area contributed by atoms with Crippen LogP contribution in [0.4, 0.5) is 0 Å². The third kappa shape index (κ3) is 2.23. The molecule has 8 rings (SSSR count). The van der Waals surface area contributed by atoms with Crippen molar-refractivity contribution < 1.29 is 17.7 Å². The van der Waals surface area contributed by atoms with Gasteiger partial charge in [0.2, 0.25) is 0 Å². The smallest absolute Gasteiger partial charge is 0.127 e. The highest BCUT2D eigenvalue weighted by atomic mass is 35.5. The van der Waals surface area contributed by atoms with Gasteiger partial charge in [0.25, 0.3) is 0 Å². The van der Waals surface area contributed by atoms with Gasteiger partial charge < -0.3 is 22.3 Å². The molecule has 0 spiro atoms. The lowest BCUT2D eigenvalue weighted by atomic mass is 9.48. The molecule has 4 saturated carbocycles. The molecule has 0 saturated heterocycles. The number of nitrogens with zero attached hydrogens (tertiary/aromatic N) is 1. The third-order valence-electron chi connectivity index (χ3n) is 8.96. The second-order valence-electron chi connectivity index (χ2n) is 10.5. The Morgan fingerprint density at radius 2 is 1.74 bits per heavy atom. The third-order valence-corrected chi connectivity index (χ3v) is 8.96. The van der Waals surface area contributed by atoms with Gasteiger partial charge >= 0.3 is 0 Å². The summed E-state index contributed by atoms with van der Waals surface area (Å²) < 4.78 is 2.69. The number of aryl methyl sites for hydroxylation is 1. The van der Waals surface area contributed by atoms with Crippen LogP contribution in [0.5, 0.6) is 0 Å². The molecular weight excluding hydrogens is 352 g/mol. The summed E-state index contributed by atoms with van der Waals surface area (Å²) in [5.41, 5.74) is 7.22. The maximum absolute atomic E-state index is 2.69. The number of fused-ring (bicyclic) bond motifs is 3. The summed E-state index contributed by atoms with van der Waals surface area (Å²) in [7, 11) is 0. The summed E-state index contributed by atoms with van der Waals surface area (Å²) in [5.74, 6) is 3.12. The van der Waals surface area contributed by atoms with Crippen LogP contribution in [0, 0.1) is 17.8 Å². The molecule has 2 heterocycles. The minimum absolute atomic E-state index is 0. The van der Waals surface area contributed by atoms with Gasteiger partial charge in [-0.15, -0.1) is 0 Å². The Hall–Kier alpha value is -0.990. The fraction of sp³-hybridized carbons (Fsp3) is 0.667. The van der Waals surface area contributed by atoms with Gasteiger partial charge in [0.15, 0.2) is 0 Å². The molecule has 2 N–H and O–H groups in total. The summed E-state index contributed by atoms with van der Waals surface area (Å²) in [6, 6.07) is 8.50. The Balaban J connectivity index is 0.00000146. The number of quaternary nitrogens is 1. The van der Waals surface area contributed by atoms with Crippen LogP contribution < -0.4 is 17.7 Å². The van der Waals surface area contributed by atoms with E-state index in [0.29, 0.717) is 5.41 Å². The first-order valence-corrected chi connectivity index (χ1v) is 11.3. The van der Waals surface area contributed by atoms with Crippen LogP contribution >= 0.6 is 0 Å². The molecule has 1 aliphatic heterocycles. The summed E-state index contributed by atoms with van der Waals surface area (Å²) in [6.07, 6.45) is 13.2. The molecule has 1 atom stereocenters. The number of benzene rings is 1. The lowest BCUT2D eigenvalue weighted by Crippen LogP contribution is -3.00. The van der Waals surface area contributed by atoms with Crippen molar-refractivity contribution in [2.45, 2.75) is 75.8 Å². The number of hydrogen-bond donors (Lipinski definition) is 1. The number of aromatic nitrogens is 1. The average Bonchev–Trinajstić information content (AvgIpc) is 2.97. The monoisotopic (exact) mass is 382 g/mol. The first kappa shape index (κ1) is 16.9. The Labute approximate surface area is 168 Å². The molecule has 1 aromatic carbocycles. The molecule has 144 valence electrons. The van der Waals surface area contributed by atoms with Crippen molar-refractivity contribution >= 4 is 10.9 Å². The highest BCUT2D eigenvalue weighted by Gasteiger charge is 2.51. The number of halogens is 1. The molecule has 27 heavy (non-hydrogen) atoms. The van der Waals surface area contributed by atoms with Crippen molar-refractivity contribution in [3.8, 4) is 0 Å². The van der Waals surface area contributed by atoms with E-state index in [2.05, 4.69) is 28.1 Å². The topological polar surface area (TPSA) is 21.5 Å². The SMILES string of the molecule is [Cl-].c1cc2c(cc1C13CC4CC(CC(C4)C1)C3)c1c3n2CC[NH2+]C3CCC1. The van der Waals surface area contributed by atoms with Crippen molar-refractivity contribution in [1.82, 2.24) is 4.57 Å². The summed E-state index contributed by atoms with van der Waals surface area (Å²) in [6.45, 7) is 2.47. The second kappa shape index (κ2) is 5.76. The predicted octanol–water partition coefficient (Wildman–Crippen LogP) is 1.07. The summed E-state index contributed by atoms with van der Waals surface area (Å²) >= 11 is 0. The minimum Gasteiger partial charge on any atom is -1.00 e. The van der Waals surface area contributed by atoms with Gasteiger partial charge in [-0.25, -0.2) is 0 Å². The van der Waals surface area contributed by atoms with Crippen molar-refractivity contribution in [1.29, 1.82) is 0 Å². The van der Waals surface area contributed by atoms with Crippen molar-refractivity contribution in [3.63, 3.8) is 0 Å². The second-order valence-corrected chi connectivity index (χ2v) is 10.5. The van der Waals surface area contributed by atoms with Crippen molar-refractivity contribution in [2.75, 3.05) is 6.54 Å². The van der Waals surface area contributed by atoms with Gasteiger partial charge in [0.1, 0.15) is 6.04 Å². The molecule has 3 heteroatoms. The van der Waals surface area contributed by atoms with Gasteiger partial charge in [-0.3, -0.25) is 0 Å². The van der Waals surface area contributed by atoms with E-state index in [4.69, 9.17) is 0 Å². The average molecular weight is 383 g/mol. The van der Waals surface area contributed by atoms with Gasteiger partial charge in [-0.1, -0.05) is 6.07 Å². The van der Waals surface area contributed by atoms with Gasteiger partial charge in [0.05, 0.1) is 18.8 Å². The fourth-order valence-corrected chi connectivity index (χ4v) is 8.44. The first-order valence-electron chi connectivity index (χ1n) is 11.3. The van der Waals surface area contributed by atoms with E-state index in [1.807, 2.05) is 0 Å². The fourth-order valence-electron chi connectivity index (χ4n) is 8.44. The zero-order valence-corrected chi connectivity index (χ0v) is 17.0. The Morgan fingerprint density at radius 3 is 2.48 bits per heavy atom. The minimum atomic E-state index is 0. The molecule has 4 bridgehead atoms. The predicted molar refractivity (Wildman–Crippen MR) is 104 cm³/mol. The van der Waals surface area contributed by atoms with Crippen LogP contribution in [0.15, 0.2) is 18.2 Å². The zero-order chi connectivity index (χ0) is 16.9. The highest BCUT2D eigenvalue weighted by Crippen LogP contribution is 2.61. The molecule has 6 aliphatic rings. The quantitative estimate of drug-likeness (QED) is 0.762. The number of nitrogens with two attached hydrogens (primary N) is 1. The van der Waals surface area contributed by atoms with E-state index in [0.717, 1.165) is 23.8 Å². The van der Waals surface area contributed by atoms with Crippen LogP contribution in [-0.2, 0) is 18.4 Å². The normalized spacial score (nSPS) is 38.7. The molecule has 4 fully saturated rings. The van der Waals surface area contributed by atoms with Gasteiger partial charge in [-0.2, -0.15) is 0 Å². The molecule has 1 aromatic heterocycles. The van der Waals surface area contributed by atoms with Crippen LogP contribution in [0.3, 0.4) is 0 Å². The van der Waals surface area contributed by atoms with E-state index >= 15 is 0 Å². The molecule has 2 aromatic rings. The lowest BCUT2D eigenvalue weighted by Gasteiger charge is -2.57. The van der Waals surface area contributed by atoms with Crippen LogP contribution in [0.1, 0.15) is 74.2 Å². The van der Waals surface area contributed by atoms with Crippen molar-refractivity contribution in [3.05, 3.63) is 35.0 Å². The lowest BCUT2D eigenvalue weighted by molar-refractivity contribution is -0.704. The molecule has 5 aliphatic carbocycles. The largest absolute Gasteiger partial charge is 1.00 e. The number of hydrogen-bond acceptors (Lipinski definition) is 0. The highest BCUT2D eigenvalue weighted by molar-refractivity contribution is 5.87. The molecular formula is C24H31ClN2. The van der Waals surface area contributed by atoms with E-state index in [-0.39, 0.29) is 12.4 Å². The van der Waals surface area contributed by atoms with Crippen molar-refractivity contribution in [2.24, 2.45) is 17.8 Å². The summed E-state index contributed by atoms with van der Waals surface area (Å²) in [4.78, 5) is 0. The molecule has 0 amide bonds. The van der Waals surface area contributed by atoms with E-state index < -0.39 is 0 Å². The van der Waals surface area contributed by atoms with Crippen LogP contribution in [0.25, 0.3) is 10.9 Å². The molecule has 0 radical (unpaired) electrons. The Bertz CT molecular complexity index is 873. The maximum atomic E-state index is 2.69. The van der Waals surface area contributed by atoms with Gasteiger partial charge in [0, 0.05) is 17.3 Å². The Kier molecular flexibility index (Phi) is 3.61. The van der Waals surface area contributed by atoms with E-state index in [9.17, 15) is 0 Å². The van der Waals surface area contributed by atoms with Crippen LogP contribution in [0.2, 0.25) is 0 Å². The van der Waals surface area contributed by atoms with E-state index in [1.54, 1.807) is 47.0 Å². The van der Waals surface area contributed by atoms with Gasteiger partial charge in [-0.05, 0) is 97.8 Å². The zero-order valence-electron chi connectivity index (χ0n) is 16.2. The number of rotatable bonds is 1. The van der Waals surface area contributed by atoms with E-state index in [1.165, 1.54) is 51.6 Å².